The second-order valence-electron chi connectivity index (χ2n) is 5.66. The van der Waals surface area contributed by atoms with Crippen molar-refractivity contribution in [1.82, 2.24) is 9.88 Å². The van der Waals surface area contributed by atoms with E-state index in [1.165, 1.54) is 11.3 Å². The Hall–Kier alpha value is -1.67. The molecule has 0 spiro atoms. The van der Waals surface area contributed by atoms with Crippen LogP contribution in [-0.2, 0) is 9.59 Å². The monoisotopic (exact) mass is 398 g/mol. The van der Waals surface area contributed by atoms with Gasteiger partial charge in [-0.05, 0) is 37.6 Å². The molecule has 1 aliphatic rings. The molecule has 1 aromatic heterocycles. The van der Waals surface area contributed by atoms with Crippen LogP contribution in [-0.4, -0.2) is 40.8 Å². The zero-order valence-electron chi connectivity index (χ0n) is 13.2. The quantitative estimate of drug-likeness (QED) is 0.807. The number of aromatic nitrogens is 1. The first-order chi connectivity index (χ1) is 12.0. The van der Waals surface area contributed by atoms with Crippen LogP contribution in [0.15, 0.2) is 29.8 Å². The van der Waals surface area contributed by atoms with Gasteiger partial charge in [-0.1, -0.05) is 23.2 Å². The lowest BCUT2D eigenvalue weighted by molar-refractivity contribution is -0.122. The van der Waals surface area contributed by atoms with Gasteiger partial charge in [0.1, 0.15) is 0 Å². The van der Waals surface area contributed by atoms with Crippen molar-refractivity contribution in [2.45, 2.75) is 18.9 Å². The number of carbonyl (C=O) groups excluding carboxylic acids is 2. The molecular weight excluding hydrogens is 383 g/mol. The highest BCUT2D eigenvalue weighted by Gasteiger charge is 2.32. The third-order valence-corrected chi connectivity index (χ3v) is 4.95. The van der Waals surface area contributed by atoms with Crippen LogP contribution >= 0.6 is 34.5 Å². The summed E-state index contributed by atoms with van der Waals surface area (Å²) in [6.45, 7) is 0.841. The first kappa shape index (κ1) is 18.1. The number of nitrogens with zero attached hydrogens (tertiary/aromatic N) is 2. The lowest BCUT2D eigenvalue weighted by Gasteiger charge is -2.23. The average Bonchev–Trinajstić information content (AvgIpc) is 3.17. The fraction of sp³-hybridized carbons (Fsp3) is 0.312. The Balaban J connectivity index is 1.60. The van der Waals surface area contributed by atoms with Crippen molar-refractivity contribution in [2.75, 3.05) is 23.7 Å². The summed E-state index contributed by atoms with van der Waals surface area (Å²) in [5, 5.41) is 8.81. The number of halogens is 2. The van der Waals surface area contributed by atoms with Gasteiger partial charge in [-0.15, -0.1) is 11.3 Å². The molecule has 0 saturated carbocycles. The Labute approximate surface area is 159 Å². The number of hydrogen-bond donors (Lipinski definition) is 2. The van der Waals surface area contributed by atoms with E-state index in [2.05, 4.69) is 15.6 Å². The minimum Gasteiger partial charge on any atom is -0.325 e. The molecule has 0 radical (unpaired) electrons. The van der Waals surface area contributed by atoms with Gasteiger partial charge in [0.15, 0.2) is 5.13 Å². The van der Waals surface area contributed by atoms with Crippen LogP contribution in [0.1, 0.15) is 12.8 Å². The molecule has 2 aromatic rings. The van der Waals surface area contributed by atoms with E-state index >= 15 is 0 Å². The molecule has 3 rings (SSSR count). The summed E-state index contributed by atoms with van der Waals surface area (Å²) in [5.74, 6) is -0.349. The summed E-state index contributed by atoms with van der Waals surface area (Å²) in [6.07, 6.45) is 3.19. The number of thiazole rings is 1. The predicted octanol–water partition coefficient (Wildman–Crippen LogP) is 3.49. The smallest absolute Gasteiger partial charge is 0.241 e. The standard InChI is InChI=1S/C16H16Cl2N4O2S/c17-10-6-11(18)8-12(7-10)20-15(24)13-2-1-4-22(13)9-14(23)21-16-19-3-5-25-16/h3,5-8,13H,1-2,4,9H2,(H,20,24)(H,19,21,23). The Morgan fingerprint density at radius 3 is 2.68 bits per heavy atom. The molecule has 2 N–H and O–H groups in total. The minimum absolute atomic E-state index is 0.147. The molecule has 2 amide bonds. The zero-order chi connectivity index (χ0) is 17.8. The SMILES string of the molecule is O=C(CN1CCCC1C(=O)Nc1cc(Cl)cc(Cl)c1)Nc1nccs1. The summed E-state index contributed by atoms with van der Waals surface area (Å²) in [5.41, 5.74) is 0.543. The number of amides is 2. The molecule has 1 aliphatic heterocycles. The lowest BCUT2D eigenvalue weighted by Crippen LogP contribution is -2.43. The summed E-state index contributed by atoms with van der Waals surface area (Å²) in [4.78, 5) is 30.6. The maximum absolute atomic E-state index is 12.6. The van der Waals surface area contributed by atoms with E-state index in [0.29, 0.717) is 33.8 Å². The molecule has 132 valence electrons. The number of rotatable bonds is 5. The normalized spacial score (nSPS) is 17.4. The van der Waals surface area contributed by atoms with Crippen molar-refractivity contribution in [1.29, 1.82) is 0 Å². The molecular formula is C16H16Cl2N4O2S. The molecule has 6 nitrogen and oxygen atoms in total. The van der Waals surface area contributed by atoms with Gasteiger partial charge >= 0.3 is 0 Å². The third kappa shape index (κ3) is 4.92. The van der Waals surface area contributed by atoms with Crippen molar-refractivity contribution in [3.05, 3.63) is 39.8 Å². The van der Waals surface area contributed by atoms with Crippen LogP contribution in [0.25, 0.3) is 0 Å². The zero-order valence-corrected chi connectivity index (χ0v) is 15.5. The fourth-order valence-electron chi connectivity index (χ4n) is 2.79. The Morgan fingerprint density at radius 1 is 1.24 bits per heavy atom. The van der Waals surface area contributed by atoms with Crippen molar-refractivity contribution in [3.8, 4) is 0 Å². The first-order valence-corrected chi connectivity index (χ1v) is 9.35. The maximum Gasteiger partial charge on any atom is 0.241 e. The highest BCUT2D eigenvalue weighted by molar-refractivity contribution is 7.13. The molecule has 25 heavy (non-hydrogen) atoms. The van der Waals surface area contributed by atoms with E-state index in [4.69, 9.17) is 23.2 Å². The Kier molecular flexibility index (Phi) is 5.90. The van der Waals surface area contributed by atoms with Gasteiger partial charge in [0.05, 0.1) is 12.6 Å². The summed E-state index contributed by atoms with van der Waals surface area (Å²) >= 11 is 13.3. The molecule has 0 aliphatic carbocycles. The van der Waals surface area contributed by atoms with Gasteiger partial charge in [-0.3, -0.25) is 14.5 Å². The molecule has 1 saturated heterocycles. The van der Waals surface area contributed by atoms with E-state index < -0.39 is 0 Å². The lowest BCUT2D eigenvalue weighted by atomic mass is 10.2. The van der Waals surface area contributed by atoms with E-state index in [1.54, 1.807) is 29.8 Å². The molecule has 2 heterocycles. The van der Waals surface area contributed by atoms with Crippen molar-refractivity contribution < 1.29 is 9.59 Å². The van der Waals surface area contributed by atoms with Crippen LogP contribution in [0.2, 0.25) is 10.0 Å². The van der Waals surface area contributed by atoms with Crippen LogP contribution in [0, 0.1) is 0 Å². The van der Waals surface area contributed by atoms with E-state index in [1.807, 2.05) is 4.90 Å². The summed E-state index contributed by atoms with van der Waals surface area (Å²) < 4.78 is 0. The van der Waals surface area contributed by atoms with Gasteiger partial charge in [-0.25, -0.2) is 4.98 Å². The van der Waals surface area contributed by atoms with E-state index in [0.717, 1.165) is 6.42 Å². The highest BCUT2D eigenvalue weighted by Crippen LogP contribution is 2.24. The first-order valence-electron chi connectivity index (χ1n) is 7.71. The number of nitrogens with one attached hydrogen (secondary N) is 2. The highest BCUT2D eigenvalue weighted by atomic mass is 35.5. The Morgan fingerprint density at radius 2 is 2.00 bits per heavy atom. The second kappa shape index (κ2) is 8.14. The van der Waals surface area contributed by atoms with Gasteiger partial charge in [0.2, 0.25) is 11.8 Å². The van der Waals surface area contributed by atoms with Crippen molar-refractivity contribution in [2.24, 2.45) is 0 Å². The molecule has 1 aromatic carbocycles. The van der Waals surface area contributed by atoms with Crippen LogP contribution < -0.4 is 10.6 Å². The molecule has 1 unspecified atom stereocenters. The minimum atomic E-state index is -0.361. The van der Waals surface area contributed by atoms with E-state index in [-0.39, 0.29) is 24.4 Å². The number of carbonyl (C=O) groups is 2. The number of benzene rings is 1. The molecule has 1 fully saturated rings. The predicted molar refractivity (Wildman–Crippen MR) is 100 cm³/mol. The number of hydrogen-bond acceptors (Lipinski definition) is 5. The fourth-order valence-corrected chi connectivity index (χ4v) is 3.86. The third-order valence-electron chi connectivity index (χ3n) is 3.82. The van der Waals surface area contributed by atoms with Gasteiger partial charge in [0.25, 0.3) is 0 Å². The number of likely N-dealkylation sites (tertiary alicyclic amines) is 1. The Bertz CT molecular complexity index is 749. The summed E-state index contributed by atoms with van der Waals surface area (Å²) in [6, 6.07) is 4.52. The van der Waals surface area contributed by atoms with Gasteiger partial charge in [0, 0.05) is 27.3 Å². The molecule has 9 heteroatoms. The van der Waals surface area contributed by atoms with Crippen molar-refractivity contribution >= 4 is 57.2 Å². The van der Waals surface area contributed by atoms with Crippen LogP contribution in [0.3, 0.4) is 0 Å². The topological polar surface area (TPSA) is 74.3 Å². The van der Waals surface area contributed by atoms with Crippen molar-refractivity contribution in [3.63, 3.8) is 0 Å². The summed E-state index contributed by atoms with van der Waals surface area (Å²) in [7, 11) is 0. The molecule has 1 atom stereocenters. The molecule has 0 bridgehead atoms. The van der Waals surface area contributed by atoms with Crippen LogP contribution in [0.4, 0.5) is 10.8 Å². The maximum atomic E-state index is 12.6. The second-order valence-corrected chi connectivity index (χ2v) is 7.43. The average molecular weight is 399 g/mol. The number of anilines is 2. The van der Waals surface area contributed by atoms with Gasteiger partial charge < -0.3 is 10.6 Å². The largest absolute Gasteiger partial charge is 0.325 e. The van der Waals surface area contributed by atoms with Crippen LogP contribution in [0.5, 0.6) is 0 Å². The van der Waals surface area contributed by atoms with E-state index in [9.17, 15) is 9.59 Å². The van der Waals surface area contributed by atoms with Gasteiger partial charge in [-0.2, -0.15) is 0 Å².